The second kappa shape index (κ2) is 12.5. The van der Waals surface area contributed by atoms with E-state index in [1.807, 2.05) is 0 Å². The van der Waals surface area contributed by atoms with Crippen LogP contribution in [-0.4, -0.2) is 28.1 Å². The Morgan fingerprint density at radius 2 is 1.69 bits per heavy atom. The van der Waals surface area contributed by atoms with Gasteiger partial charge in [0.25, 0.3) is 0 Å². The van der Waals surface area contributed by atoms with Crippen LogP contribution in [0.2, 0.25) is 15.1 Å². The lowest BCUT2D eigenvalue weighted by Gasteiger charge is -2.10. The summed E-state index contributed by atoms with van der Waals surface area (Å²) in [5, 5.41) is 13.0. The lowest BCUT2D eigenvalue weighted by Crippen LogP contribution is -2.22. The predicted molar refractivity (Wildman–Crippen MR) is 139 cm³/mol. The molecule has 0 radical (unpaired) electrons. The summed E-state index contributed by atoms with van der Waals surface area (Å²) in [7, 11) is 0. The summed E-state index contributed by atoms with van der Waals surface area (Å²) in [5.41, 5.74) is 1.84. The summed E-state index contributed by atoms with van der Waals surface area (Å²) in [5.74, 6) is -0.163. The van der Waals surface area contributed by atoms with E-state index in [-0.39, 0.29) is 12.0 Å². The number of benzene rings is 3. The fraction of sp³-hybridized carbons (Fsp3) is 0.160. The number of carboxylic acid groups (broad SMARTS) is 1. The molecule has 0 aliphatic heterocycles. The Morgan fingerprint density at radius 1 is 1.00 bits per heavy atom. The normalized spacial score (nSPS) is 11.2. The zero-order chi connectivity index (χ0) is 26.2. The number of carboxylic acids is 1. The van der Waals surface area contributed by atoms with Crippen molar-refractivity contribution in [3.05, 3.63) is 75.7 Å². The highest BCUT2D eigenvalue weighted by molar-refractivity contribution is 6.42. The Balaban J connectivity index is 0.000000236. The van der Waals surface area contributed by atoms with E-state index in [4.69, 9.17) is 53.8 Å². The van der Waals surface area contributed by atoms with Crippen LogP contribution in [0.1, 0.15) is 20.3 Å². The molecule has 2 N–H and O–H groups in total. The van der Waals surface area contributed by atoms with Crippen LogP contribution in [0.25, 0.3) is 11.1 Å². The Kier molecular flexibility index (Phi) is 9.41. The summed E-state index contributed by atoms with van der Waals surface area (Å²) < 4.78 is 16.2. The molecule has 8 nitrogen and oxygen atoms in total. The maximum Gasteiger partial charge on any atom is 0.400 e. The van der Waals surface area contributed by atoms with E-state index in [1.165, 1.54) is 6.92 Å². The molecule has 0 aliphatic rings. The van der Waals surface area contributed by atoms with Gasteiger partial charge in [-0.2, -0.15) is 4.98 Å². The molecule has 1 unspecified atom stereocenters. The molecule has 4 rings (SSSR count). The van der Waals surface area contributed by atoms with Crippen molar-refractivity contribution in [2.45, 2.75) is 26.4 Å². The van der Waals surface area contributed by atoms with Crippen LogP contribution in [0.15, 0.2) is 65.1 Å². The van der Waals surface area contributed by atoms with Gasteiger partial charge in [-0.1, -0.05) is 41.7 Å². The van der Waals surface area contributed by atoms with Crippen molar-refractivity contribution in [3.63, 3.8) is 0 Å². The smallest absolute Gasteiger partial charge is 0.400 e. The average molecular weight is 552 g/mol. The maximum absolute atomic E-state index is 11.0. The lowest BCUT2D eigenvalue weighted by atomic mass is 10.3. The summed E-state index contributed by atoms with van der Waals surface area (Å²) in [6.07, 6.45) is -0.390. The lowest BCUT2D eigenvalue weighted by molar-refractivity contribution is -0.144. The number of carbonyl (C=O) groups is 2. The zero-order valence-electron chi connectivity index (χ0n) is 19.1. The number of halogens is 3. The molecule has 3 aromatic carbocycles. The minimum Gasteiger partial charge on any atom is -0.479 e. The number of aliphatic carboxylic acids is 1. The topological polar surface area (TPSA) is 111 Å². The maximum atomic E-state index is 11.0. The Bertz CT molecular complexity index is 1360. The van der Waals surface area contributed by atoms with E-state index in [0.717, 1.165) is 0 Å². The third-order valence-corrected chi connectivity index (χ3v) is 5.52. The number of amides is 1. The van der Waals surface area contributed by atoms with Crippen LogP contribution in [0, 0.1) is 0 Å². The van der Waals surface area contributed by atoms with E-state index < -0.39 is 12.1 Å². The van der Waals surface area contributed by atoms with Gasteiger partial charge in [-0.15, -0.1) is 0 Å². The minimum absolute atomic E-state index is 0.0432. The number of anilines is 1. The number of ether oxygens (including phenoxy) is 2. The molecular weight excluding hydrogens is 531 g/mol. The molecule has 1 heterocycles. The SMILES string of the molecule is CC(Oc1ccc(Oc2nc3ccc(Cl)cc3o2)cc1)C(=O)O.CCC(=O)Nc1ccc(Cl)c(Cl)c1. The second-order valence-electron chi connectivity index (χ2n) is 7.29. The first kappa shape index (κ1) is 27.1. The monoisotopic (exact) mass is 550 g/mol. The van der Waals surface area contributed by atoms with Crippen molar-refractivity contribution >= 4 is 63.5 Å². The van der Waals surface area contributed by atoms with Crippen LogP contribution in [0.3, 0.4) is 0 Å². The fourth-order valence-electron chi connectivity index (χ4n) is 2.69. The van der Waals surface area contributed by atoms with Crippen LogP contribution in [0.5, 0.6) is 17.6 Å². The molecule has 188 valence electrons. The van der Waals surface area contributed by atoms with Crippen molar-refractivity contribution in [2.24, 2.45) is 0 Å². The Labute approximate surface area is 221 Å². The van der Waals surface area contributed by atoms with Gasteiger partial charge < -0.3 is 24.3 Å². The van der Waals surface area contributed by atoms with Gasteiger partial charge in [0.05, 0.1) is 10.0 Å². The molecule has 1 atom stereocenters. The molecule has 11 heteroatoms. The van der Waals surface area contributed by atoms with Gasteiger partial charge in [0, 0.05) is 23.2 Å². The minimum atomic E-state index is -1.03. The Morgan fingerprint density at radius 3 is 2.33 bits per heavy atom. The van der Waals surface area contributed by atoms with E-state index in [9.17, 15) is 9.59 Å². The van der Waals surface area contributed by atoms with Crippen molar-refractivity contribution in [3.8, 4) is 17.6 Å². The van der Waals surface area contributed by atoms with Gasteiger partial charge in [-0.3, -0.25) is 4.79 Å². The largest absolute Gasteiger partial charge is 0.479 e. The van der Waals surface area contributed by atoms with Crippen LogP contribution < -0.4 is 14.8 Å². The number of aromatic nitrogens is 1. The number of hydrogen-bond acceptors (Lipinski definition) is 6. The second-order valence-corrected chi connectivity index (χ2v) is 8.55. The van der Waals surface area contributed by atoms with E-state index in [1.54, 1.807) is 67.6 Å². The zero-order valence-corrected chi connectivity index (χ0v) is 21.4. The molecule has 0 fully saturated rings. The quantitative estimate of drug-likeness (QED) is 0.245. The standard InChI is InChI=1S/C16H12ClNO5.C9H9Cl2NO/c1-9(15(19)20)21-11-3-5-12(6-4-11)22-16-18-13-7-2-10(17)8-14(13)23-16;1-2-9(13)12-6-3-4-7(10)8(11)5-6/h2-9H,1H3,(H,19,20);3-5H,2H2,1H3,(H,12,13). The van der Waals surface area contributed by atoms with Crippen molar-refractivity contribution in [1.82, 2.24) is 4.98 Å². The number of carbonyl (C=O) groups excluding carboxylic acids is 1. The van der Waals surface area contributed by atoms with Crippen LogP contribution in [-0.2, 0) is 9.59 Å². The highest BCUT2D eigenvalue weighted by atomic mass is 35.5. The number of nitrogens with zero attached hydrogens (tertiary/aromatic N) is 1. The van der Waals surface area contributed by atoms with Gasteiger partial charge in [-0.05, 0) is 61.5 Å². The van der Waals surface area contributed by atoms with Crippen molar-refractivity contribution in [2.75, 3.05) is 5.32 Å². The highest BCUT2D eigenvalue weighted by Gasteiger charge is 2.13. The van der Waals surface area contributed by atoms with Crippen LogP contribution >= 0.6 is 34.8 Å². The van der Waals surface area contributed by atoms with Crippen molar-refractivity contribution < 1.29 is 28.6 Å². The molecule has 1 amide bonds. The van der Waals surface area contributed by atoms with Gasteiger partial charge in [0.1, 0.15) is 17.0 Å². The molecule has 36 heavy (non-hydrogen) atoms. The first-order valence-corrected chi connectivity index (χ1v) is 11.8. The molecule has 4 aromatic rings. The predicted octanol–water partition coefficient (Wildman–Crippen LogP) is 7.47. The van der Waals surface area contributed by atoms with Gasteiger partial charge in [0.2, 0.25) is 5.91 Å². The first-order chi connectivity index (χ1) is 17.1. The number of nitrogens with one attached hydrogen (secondary N) is 1. The third kappa shape index (κ3) is 7.78. The molecule has 1 aromatic heterocycles. The van der Waals surface area contributed by atoms with Crippen LogP contribution in [0.4, 0.5) is 5.69 Å². The highest BCUT2D eigenvalue weighted by Crippen LogP contribution is 2.28. The van der Waals surface area contributed by atoms with E-state index >= 15 is 0 Å². The molecule has 0 saturated heterocycles. The fourth-order valence-corrected chi connectivity index (χ4v) is 3.15. The van der Waals surface area contributed by atoms with Gasteiger partial charge >= 0.3 is 12.0 Å². The molecule has 0 aliphatic carbocycles. The molecular formula is C25H21Cl3N2O6. The Hall–Kier alpha value is -3.46. The summed E-state index contributed by atoms with van der Waals surface area (Å²) in [4.78, 5) is 25.9. The molecule has 0 bridgehead atoms. The summed E-state index contributed by atoms with van der Waals surface area (Å²) >= 11 is 17.3. The summed E-state index contributed by atoms with van der Waals surface area (Å²) in [6.45, 7) is 3.24. The number of fused-ring (bicyclic) bond motifs is 1. The molecule has 0 saturated carbocycles. The van der Waals surface area contributed by atoms with Gasteiger partial charge in [0.15, 0.2) is 11.7 Å². The number of oxazole rings is 1. The average Bonchev–Trinajstić information content (AvgIpc) is 3.24. The first-order valence-electron chi connectivity index (χ1n) is 10.6. The van der Waals surface area contributed by atoms with E-state index in [2.05, 4.69) is 10.3 Å². The van der Waals surface area contributed by atoms with Gasteiger partial charge in [-0.25, -0.2) is 4.79 Å². The summed E-state index contributed by atoms with van der Waals surface area (Å²) in [6, 6.07) is 16.6. The molecule has 0 spiro atoms. The van der Waals surface area contributed by atoms with Crippen molar-refractivity contribution in [1.29, 1.82) is 0 Å². The van der Waals surface area contributed by atoms with E-state index in [0.29, 0.717) is 49.8 Å². The third-order valence-electron chi connectivity index (χ3n) is 4.54. The number of rotatable bonds is 7. The number of hydrogen-bond donors (Lipinski definition) is 2.